The van der Waals surface area contributed by atoms with Crippen LogP contribution >= 0.6 is 0 Å². The third-order valence-electron chi connectivity index (χ3n) is 5.42. The molecule has 3 rings (SSSR count). The van der Waals surface area contributed by atoms with Crippen molar-refractivity contribution in [2.45, 2.75) is 70.4 Å². The quantitative estimate of drug-likeness (QED) is 0.859. The first-order valence-corrected chi connectivity index (χ1v) is 8.96. The van der Waals surface area contributed by atoms with Gasteiger partial charge in [0, 0.05) is 17.8 Å². The first-order valence-electron chi connectivity index (χ1n) is 8.96. The van der Waals surface area contributed by atoms with Crippen LogP contribution in [0.5, 0.6) is 0 Å². The molecule has 21 heavy (non-hydrogen) atoms. The van der Waals surface area contributed by atoms with Crippen LogP contribution in [0.2, 0.25) is 0 Å². The zero-order valence-electron chi connectivity index (χ0n) is 13.4. The van der Waals surface area contributed by atoms with Crippen molar-refractivity contribution in [3.8, 4) is 0 Å². The van der Waals surface area contributed by atoms with E-state index in [1.54, 1.807) is 0 Å². The minimum Gasteiger partial charge on any atom is -0.382 e. The van der Waals surface area contributed by atoms with E-state index in [0.717, 1.165) is 18.4 Å². The first-order chi connectivity index (χ1) is 10.4. The summed E-state index contributed by atoms with van der Waals surface area (Å²) < 4.78 is 0. The van der Waals surface area contributed by atoms with Crippen molar-refractivity contribution in [3.63, 3.8) is 0 Å². The standard InChI is InChI=1S/C19H30N2/c1-2-15-9-3-5-11-17(15)21-19-13-6-4-10-16(19)18-12-7-8-14-20-18/h3,5,9,11,16,18-21H,2,4,6-8,10,12-14H2,1H3. The minimum absolute atomic E-state index is 0.655. The van der Waals surface area contributed by atoms with Crippen molar-refractivity contribution in [1.29, 1.82) is 0 Å². The molecule has 2 N–H and O–H groups in total. The van der Waals surface area contributed by atoms with Crippen molar-refractivity contribution in [2.75, 3.05) is 11.9 Å². The lowest BCUT2D eigenvalue weighted by Crippen LogP contribution is -2.48. The van der Waals surface area contributed by atoms with Crippen molar-refractivity contribution >= 4 is 5.69 Å². The number of benzene rings is 1. The fourth-order valence-corrected chi connectivity index (χ4v) is 4.23. The van der Waals surface area contributed by atoms with Gasteiger partial charge in [-0.3, -0.25) is 0 Å². The summed E-state index contributed by atoms with van der Waals surface area (Å²) in [4.78, 5) is 0. The zero-order chi connectivity index (χ0) is 14.5. The highest BCUT2D eigenvalue weighted by molar-refractivity contribution is 5.52. The summed E-state index contributed by atoms with van der Waals surface area (Å²) in [5, 5.41) is 7.70. The highest BCUT2D eigenvalue weighted by atomic mass is 15.0. The molecule has 0 spiro atoms. The molecule has 1 saturated carbocycles. The Bertz CT molecular complexity index is 437. The molecule has 1 heterocycles. The number of hydrogen-bond acceptors (Lipinski definition) is 2. The largest absolute Gasteiger partial charge is 0.382 e. The normalized spacial score (nSPS) is 30.0. The molecule has 2 fully saturated rings. The topological polar surface area (TPSA) is 24.1 Å². The summed E-state index contributed by atoms with van der Waals surface area (Å²) in [6, 6.07) is 10.2. The van der Waals surface area contributed by atoms with Crippen molar-refractivity contribution in [1.82, 2.24) is 5.32 Å². The molecule has 3 unspecified atom stereocenters. The third kappa shape index (κ3) is 3.60. The molecule has 0 aromatic heterocycles. The number of piperidine rings is 1. The second-order valence-corrected chi connectivity index (χ2v) is 6.77. The number of para-hydroxylation sites is 1. The summed E-state index contributed by atoms with van der Waals surface area (Å²) in [6.45, 7) is 3.47. The van der Waals surface area contributed by atoms with E-state index in [1.807, 2.05) is 0 Å². The van der Waals surface area contributed by atoms with E-state index in [4.69, 9.17) is 0 Å². The van der Waals surface area contributed by atoms with Crippen molar-refractivity contribution < 1.29 is 0 Å². The van der Waals surface area contributed by atoms with Crippen LogP contribution in [0, 0.1) is 5.92 Å². The van der Waals surface area contributed by atoms with Crippen LogP contribution < -0.4 is 10.6 Å². The number of rotatable bonds is 4. The van der Waals surface area contributed by atoms with Crippen molar-refractivity contribution in [3.05, 3.63) is 29.8 Å². The van der Waals surface area contributed by atoms with Crippen molar-refractivity contribution in [2.24, 2.45) is 5.92 Å². The van der Waals surface area contributed by atoms with Crippen LogP contribution in [0.25, 0.3) is 0 Å². The Hall–Kier alpha value is -1.02. The van der Waals surface area contributed by atoms with Gasteiger partial charge in [-0.2, -0.15) is 0 Å². The van der Waals surface area contributed by atoms with E-state index < -0.39 is 0 Å². The Morgan fingerprint density at radius 2 is 1.86 bits per heavy atom. The molecule has 1 aromatic carbocycles. The molecular formula is C19H30N2. The summed E-state index contributed by atoms with van der Waals surface area (Å²) in [7, 11) is 0. The lowest BCUT2D eigenvalue weighted by Gasteiger charge is -2.40. The Balaban J connectivity index is 1.71. The predicted molar refractivity (Wildman–Crippen MR) is 90.8 cm³/mol. The fraction of sp³-hybridized carbons (Fsp3) is 0.684. The monoisotopic (exact) mass is 286 g/mol. The number of anilines is 1. The average Bonchev–Trinajstić information content (AvgIpc) is 2.57. The average molecular weight is 286 g/mol. The Morgan fingerprint density at radius 1 is 1.05 bits per heavy atom. The molecule has 116 valence electrons. The summed E-state index contributed by atoms with van der Waals surface area (Å²) in [5.41, 5.74) is 2.83. The highest BCUT2D eigenvalue weighted by Gasteiger charge is 2.32. The first kappa shape index (κ1) is 14.9. The Labute approximate surface area is 129 Å². The zero-order valence-corrected chi connectivity index (χ0v) is 13.4. The van der Waals surface area contributed by atoms with E-state index in [2.05, 4.69) is 41.8 Å². The molecule has 2 heteroatoms. The molecule has 1 saturated heterocycles. The van der Waals surface area contributed by atoms with Gasteiger partial charge in [0.05, 0.1) is 0 Å². The van der Waals surface area contributed by atoms with E-state index in [-0.39, 0.29) is 0 Å². The summed E-state index contributed by atoms with van der Waals surface area (Å²) >= 11 is 0. The maximum absolute atomic E-state index is 3.91. The lowest BCUT2D eigenvalue weighted by atomic mass is 9.77. The van der Waals surface area contributed by atoms with Gasteiger partial charge in [-0.25, -0.2) is 0 Å². The lowest BCUT2D eigenvalue weighted by molar-refractivity contribution is 0.217. The molecule has 0 amide bonds. The van der Waals surface area contributed by atoms with Gasteiger partial charge in [0.15, 0.2) is 0 Å². The molecule has 2 nitrogen and oxygen atoms in total. The molecule has 1 aromatic rings. The SMILES string of the molecule is CCc1ccccc1NC1CCCCC1C1CCCCN1. The highest BCUT2D eigenvalue weighted by Crippen LogP contribution is 2.33. The van der Waals surface area contributed by atoms with E-state index in [0.29, 0.717) is 6.04 Å². The fourth-order valence-electron chi connectivity index (χ4n) is 4.23. The second-order valence-electron chi connectivity index (χ2n) is 6.77. The van der Waals surface area contributed by atoms with E-state index in [1.165, 1.54) is 62.7 Å². The summed E-state index contributed by atoms with van der Waals surface area (Å²) in [5.74, 6) is 0.809. The molecular weight excluding hydrogens is 256 g/mol. The molecule has 3 atom stereocenters. The third-order valence-corrected chi connectivity index (χ3v) is 5.42. The summed E-state index contributed by atoms with van der Waals surface area (Å²) in [6.07, 6.45) is 10.8. The van der Waals surface area contributed by atoms with Gasteiger partial charge in [0.1, 0.15) is 0 Å². The number of aryl methyl sites for hydroxylation is 1. The number of nitrogens with one attached hydrogen (secondary N) is 2. The minimum atomic E-state index is 0.655. The van der Waals surface area contributed by atoms with E-state index in [9.17, 15) is 0 Å². The van der Waals surface area contributed by atoms with Gasteiger partial charge in [-0.15, -0.1) is 0 Å². The molecule has 1 aliphatic heterocycles. The van der Waals surface area contributed by atoms with Gasteiger partial charge in [0.25, 0.3) is 0 Å². The predicted octanol–water partition coefficient (Wildman–Crippen LogP) is 4.36. The molecule has 1 aliphatic carbocycles. The van der Waals surface area contributed by atoms with Crippen LogP contribution in [0.1, 0.15) is 57.4 Å². The van der Waals surface area contributed by atoms with Gasteiger partial charge < -0.3 is 10.6 Å². The van der Waals surface area contributed by atoms with Gasteiger partial charge in [-0.1, -0.05) is 44.4 Å². The maximum atomic E-state index is 3.91. The van der Waals surface area contributed by atoms with Crippen LogP contribution in [0.3, 0.4) is 0 Å². The number of hydrogen-bond donors (Lipinski definition) is 2. The maximum Gasteiger partial charge on any atom is 0.0374 e. The van der Waals surface area contributed by atoms with Gasteiger partial charge in [0.2, 0.25) is 0 Å². The van der Waals surface area contributed by atoms with Gasteiger partial charge >= 0.3 is 0 Å². The smallest absolute Gasteiger partial charge is 0.0374 e. The van der Waals surface area contributed by atoms with E-state index >= 15 is 0 Å². The molecule has 0 bridgehead atoms. The van der Waals surface area contributed by atoms with Crippen LogP contribution in [0.15, 0.2) is 24.3 Å². The second kappa shape index (κ2) is 7.31. The van der Waals surface area contributed by atoms with Crippen LogP contribution in [0.4, 0.5) is 5.69 Å². The van der Waals surface area contributed by atoms with Crippen LogP contribution in [-0.2, 0) is 6.42 Å². The van der Waals surface area contributed by atoms with Crippen LogP contribution in [-0.4, -0.2) is 18.6 Å². The molecule has 2 aliphatic rings. The molecule has 0 radical (unpaired) electrons. The Kier molecular flexibility index (Phi) is 5.18. The van der Waals surface area contributed by atoms with Gasteiger partial charge in [-0.05, 0) is 56.2 Å². The Morgan fingerprint density at radius 3 is 2.67 bits per heavy atom.